The lowest BCUT2D eigenvalue weighted by Crippen LogP contribution is -2.30. The van der Waals surface area contributed by atoms with E-state index in [4.69, 9.17) is 10.3 Å². The van der Waals surface area contributed by atoms with Crippen molar-refractivity contribution >= 4 is 11.6 Å². The molecular formula is C16H23N5O2. The first-order valence-electron chi connectivity index (χ1n) is 7.46. The van der Waals surface area contributed by atoms with Crippen LogP contribution in [-0.2, 0) is 17.9 Å². The summed E-state index contributed by atoms with van der Waals surface area (Å²) in [6.45, 7) is 6.89. The maximum atomic E-state index is 12.2. The Labute approximate surface area is 135 Å². The molecule has 0 bridgehead atoms. The van der Waals surface area contributed by atoms with Gasteiger partial charge < -0.3 is 15.6 Å². The van der Waals surface area contributed by atoms with Gasteiger partial charge in [0.05, 0.1) is 19.6 Å². The number of benzene rings is 1. The van der Waals surface area contributed by atoms with Crippen LogP contribution in [0.3, 0.4) is 0 Å². The molecule has 1 amide bonds. The van der Waals surface area contributed by atoms with E-state index in [1.54, 1.807) is 0 Å². The van der Waals surface area contributed by atoms with E-state index in [1.165, 1.54) is 5.56 Å². The molecule has 0 aliphatic heterocycles. The van der Waals surface area contributed by atoms with E-state index in [0.29, 0.717) is 18.3 Å². The molecule has 2 rings (SSSR count). The van der Waals surface area contributed by atoms with Crippen molar-refractivity contribution in [3.05, 3.63) is 40.5 Å². The maximum absolute atomic E-state index is 12.2. The number of likely N-dealkylation sites (N-methyl/N-ethyl adjacent to an activating group) is 1. The Balaban J connectivity index is 1.94. The minimum absolute atomic E-state index is 0.0786. The summed E-state index contributed by atoms with van der Waals surface area (Å²) in [4.78, 5) is 18.2. The SMILES string of the molecule is Cc1cc(C)c(NC(=O)CN(C)Cc2noc(CN)n2)c(C)c1. The third-order valence-electron chi connectivity index (χ3n) is 3.45. The fourth-order valence-corrected chi connectivity index (χ4v) is 2.54. The molecule has 0 fully saturated rings. The van der Waals surface area contributed by atoms with Gasteiger partial charge in [0, 0.05) is 5.69 Å². The number of nitrogens with zero attached hydrogens (tertiary/aromatic N) is 3. The molecule has 0 aliphatic rings. The van der Waals surface area contributed by atoms with E-state index in [1.807, 2.05) is 32.7 Å². The van der Waals surface area contributed by atoms with Crippen LogP contribution in [-0.4, -0.2) is 34.5 Å². The average molecular weight is 317 g/mol. The van der Waals surface area contributed by atoms with Crippen LogP contribution in [0.1, 0.15) is 28.4 Å². The van der Waals surface area contributed by atoms with Gasteiger partial charge in [0.1, 0.15) is 0 Å². The summed E-state index contributed by atoms with van der Waals surface area (Å²) in [5.74, 6) is 0.831. The van der Waals surface area contributed by atoms with Crippen LogP contribution < -0.4 is 11.1 Å². The summed E-state index contributed by atoms with van der Waals surface area (Å²) in [6, 6.07) is 4.11. The number of hydrogen-bond acceptors (Lipinski definition) is 6. The minimum atomic E-state index is -0.0786. The fraction of sp³-hybridized carbons (Fsp3) is 0.438. The normalized spacial score (nSPS) is 11.0. The first-order valence-corrected chi connectivity index (χ1v) is 7.46. The fourth-order valence-electron chi connectivity index (χ4n) is 2.54. The zero-order chi connectivity index (χ0) is 17.0. The molecule has 0 saturated carbocycles. The summed E-state index contributed by atoms with van der Waals surface area (Å²) in [7, 11) is 1.83. The molecule has 23 heavy (non-hydrogen) atoms. The second kappa shape index (κ2) is 7.34. The Morgan fingerprint density at radius 2 is 1.96 bits per heavy atom. The van der Waals surface area contributed by atoms with Crippen molar-refractivity contribution in [3.63, 3.8) is 0 Å². The largest absolute Gasteiger partial charge is 0.338 e. The summed E-state index contributed by atoms with van der Waals surface area (Å²) in [5.41, 5.74) is 9.60. The number of nitrogens with one attached hydrogen (secondary N) is 1. The molecule has 1 aromatic carbocycles. The Hall–Kier alpha value is -2.25. The highest BCUT2D eigenvalue weighted by molar-refractivity contribution is 5.93. The number of carbonyl (C=O) groups excluding carboxylic acids is 1. The second-order valence-electron chi connectivity index (χ2n) is 5.80. The Morgan fingerprint density at radius 1 is 1.30 bits per heavy atom. The monoisotopic (exact) mass is 317 g/mol. The quantitative estimate of drug-likeness (QED) is 0.838. The molecule has 1 heterocycles. The van der Waals surface area contributed by atoms with Gasteiger partial charge in [-0.1, -0.05) is 22.9 Å². The smallest absolute Gasteiger partial charge is 0.240 e. The number of rotatable bonds is 6. The molecule has 0 aliphatic carbocycles. The van der Waals surface area contributed by atoms with Crippen molar-refractivity contribution in [3.8, 4) is 0 Å². The number of nitrogens with two attached hydrogens (primary N) is 1. The van der Waals surface area contributed by atoms with Crippen molar-refractivity contribution in [2.75, 3.05) is 18.9 Å². The molecule has 0 spiro atoms. The number of amides is 1. The summed E-state index contributed by atoms with van der Waals surface area (Å²) < 4.78 is 4.94. The van der Waals surface area contributed by atoms with E-state index in [9.17, 15) is 4.79 Å². The van der Waals surface area contributed by atoms with E-state index in [-0.39, 0.29) is 19.0 Å². The third kappa shape index (κ3) is 4.61. The first kappa shape index (κ1) is 17.1. The van der Waals surface area contributed by atoms with Crippen molar-refractivity contribution in [1.29, 1.82) is 0 Å². The van der Waals surface area contributed by atoms with Gasteiger partial charge in [-0.05, 0) is 38.9 Å². The highest BCUT2D eigenvalue weighted by Crippen LogP contribution is 2.21. The molecule has 124 valence electrons. The third-order valence-corrected chi connectivity index (χ3v) is 3.45. The van der Waals surface area contributed by atoms with Crippen LogP contribution in [0.2, 0.25) is 0 Å². The molecule has 3 N–H and O–H groups in total. The molecule has 1 aromatic heterocycles. The zero-order valence-corrected chi connectivity index (χ0v) is 14.0. The number of carbonyl (C=O) groups is 1. The zero-order valence-electron chi connectivity index (χ0n) is 14.0. The molecule has 0 unspecified atom stereocenters. The average Bonchev–Trinajstić information content (AvgIpc) is 2.90. The van der Waals surface area contributed by atoms with E-state index >= 15 is 0 Å². The standard InChI is InChI=1S/C16H23N5O2/c1-10-5-11(2)16(12(3)6-10)19-14(22)9-21(4)8-13-18-15(7-17)23-20-13/h5-6H,7-9,17H2,1-4H3,(H,19,22). The van der Waals surface area contributed by atoms with Gasteiger partial charge in [0.15, 0.2) is 5.82 Å². The number of anilines is 1. The topological polar surface area (TPSA) is 97.3 Å². The number of hydrogen-bond donors (Lipinski definition) is 2. The predicted molar refractivity (Wildman–Crippen MR) is 87.8 cm³/mol. The van der Waals surface area contributed by atoms with Gasteiger partial charge in [-0.2, -0.15) is 4.98 Å². The first-order chi connectivity index (χ1) is 10.9. The molecule has 0 radical (unpaired) electrons. The molecule has 7 heteroatoms. The highest BCUT2D eigenvalue weighted by atomic mass is 16.5. The van der Waals surface area contributed by atoms with Crippen LogP contribution in [0.15, 0.2) is 16.7 Å². The summed E-state index contributed by atoms with van der Waals surface area (Å²) >= 11 is 0. The summed E-state index contributed by atoms with van der Waals surface area (Å²) in [6.07, 6.45) is 0. The van der Waals surface area contributed by atoms with E-state index in [0.717, 1.165) is 16.8 Å². The molecule has 7 nitrogen and oxygen atoms in total. The van der Waals surface area contributed by atoms with Crippen LogP contribution in [0.5, 0.6) is 0 Å². The Morgan fingerprint density at radius 3 is 2.52 bits per heavy atom. The lowest BCUT2D eigenvalue weighted by atomic mass is 10.1. The van der Waals surface area contributed by atoms with Gasteiger partial charge in [-0.3, -0.25) is 9.69 Å². The van der Waals surface area contributed by atoms with Crippen molar-refractivity contribution < 1.29 is 9.32 Å². The van der Waals surface area contributed by atoms with Crippen molar-refractivity contribution in [1.82, 2.24) is 15.0 Å². The van der Waals surface area contributed by atoms with E-state index < -0.39 is 0 Å². The van der Waals surface area contributed by atoms with Crippen LogP contribution in [0.4, 0.5) is 5.69 Å². The van der Waals surface area contributed by atoms with Crippen LogP contribution in [0, 0.1) is 20.8 Å². The van der Waals surface area contributed by atoms with Crippen molar-refractivity contribution in [2.24, 2.45) is 5.73 Å². The summed E-state index contributed by atoms with van der Waals surface area (Å²) in [5, 5.41) is 6.79. The van der Waals surface area contributed by atoms with Gasteiger partial charge in [0.25, 0.3) is 0 Å². The van der Waals surface area contributed by atoms with Gasteiger partial charge in [0.2, 0.25) is 11.8 Å². The molecular weight excluding hydrogens is 294 g/mol. The minimum Gasteiger partial charge on any atom is -0.338 e. The number of aromatic nitrogens is 2. The lowest BCUT2D eigenvalue weighted by molar-refractivity contribution is -0.117. The molecule has 0 atom stereocenters. The molecule has 2 aromatic rings. The van der Waals surface area contributed by atoms with Crippen LogP contribution in [0.25, 0.3) is 0 Å². The molecule has 0 saturated heterocycles. The lowest BCUT2D eigenvalue weighted by Gasteiger charge is -2.16. The van der Waals surface area contributed by atoms with Gasteiger partial charge >= 0.3 is 0 Å². The second-order valence-corrected chi connectivity index (χ2v) is 5.80. The van der Waals surface area contributed by atoms with E-state index in [2.05, 4.69) is 27.6 Å². The maximum Gasteiger partial charge on any atom is 0.240 e. The van der Waals surface area contributed by atoms with Crippen molar-refractivity contribution in [2.45, 2.75) is 33.9 Å². The number of aryl methyl sites for hydroxylation is 3. The predicted octanol–water partition coefficient (Wildman–Crippen LogP) is 1.52. The van der Waals surface area contributed by atoms with Crippen LogP contribution >= 0.6 is 0 Å². The Kier molecular flexibility index (Phi) is 5.46. The highest BCUT2D eigenvalue weighted by Gasteiger charge is 2.13. The van der Waals surface area contributed by atoms with Gasteiger partial charge in [-0.15, -0.1) is 0 Å². The van der Waals surface area contributed by atoms with Gasteiger partial charge in [-0.25, -0.2) is 0 Å². The Bertz CT molecular complexity index is 673.